The van der Waals surface area contributed by atoms with Crippen molar-refractivity contribution in [2.45, 2.75) is 58.7 Å². The van der Waals surface area contributed by atoms with Crippen molar-refractivity contribution in [2.75, 3.05) is 6.54 Å². The highest BCUT2D eigenvalue weighted by Gasteiger charge is 2.22. The average molecular weight is 307 g/mol. The maximum atomic E-state index is 11.8. The van der Waals surface area contributed by atoms with Crippen LogP contribution in [0.3, 0.4) is 0 Å². The number of carbonyl (C=O) groups is 1. The van der Waals surface area contributed by atoms with Crippen molar-refractivity contribution in [1.82, 2.24) is 5.32 Å². The number of benzene rings is 1. The molecule has 1 amide bonds. The lowest BCUT2D eigenvalue weighted by atomic mass is 9.91. The van der Waals surface area contributed by atoms with E-state index in [1.165, 1.54) is 0 Å². The lowest BCUT2D eigenvalue weighted by Crippen LogP contribution is -2.39. The van der Waals surface area contributed by atoms with Gasteiger partial charge in [-0.2, -0.15) is 0 Å². The molecule has 1 aromatic carbocycles. The normalized spacial score (nSPS) is 14.2. The van der Waals surface area contributed by atoms with E-state index in [-0.39, 0.29) is 5.92 Å². The van der Waals surface area contributed by atoms with Crippen molar-refractivity contribution in [3.63, 3.8) is 0 Å². The molecule has 0 saturated heterocycles. The molecule has 4 nitrogen and oxygen atoms in total. The fraction of sp³-hybridized carbons (Fsp3) is 0.611. The van der Waals surface area contributed by atoms with Crippen molar-refractivity contribution in [3.05, 3.63) is 35.9 Å². The molecule has 4 heteroatoms. The summed E-state index contributed by atoms with van der Waals surface area (Å²) in [6.07, 6.45) is 1.51. The van der Waals surface area contributed by atoms with E-state index in [4.69, 9.17) is 4.74 Å². The van der Waals surface area contributed by atoms with E-state index < -0.39 is 17.8 Å². The highest BCUT2D eigenvalue weighted by molar-refractivity contribution is 5.67. The standard InChI is InChI=1S/C18H29NO3/c1-5-9-16(20)15(12-14-10-7-6-8-11-14)13-19-17(21)22-18(2,3)4/h6-8,10-11,15-16,20H,5,9,12-13H2,1-4H3,(H,19,21)/t15-,16+/m1/s1. The summed E-state index contributed by atoms with van der Waals surface area (Å²) in [4.78, 5) is 11.8. The maximum absolute atomic E-state index is 11.8. The van der Waals surface area contributed by atoms with E-state index >= 15 is 0 Å². The highest BCUT2D eigenvalue weighted by Crippen LogP contribution is 2.16. The molecule has 1 aromatic rings. The number of nitrogens with one attached hydrogen (secondary N) is 1. The molecule has 0 heterocycles. The monoisotopic (exact) mass is 307 g/mol. The van der Waals surface area contributed by atoms with E-state index in [0.717, 1.165) is 24.8 Å². The Morgan fingerprint density at radius 2 is 1.91 bits per heavy atom. The minimum absolute atomic E-state index is 0.0186. The summed E-state index contributed by atoms with van der Waals surface area (Å²) in [6.45, 7) is 7.95. The quantitative estimate of drug-likeness (QED) is 0.810. The van der Waals surface area contributed by atoms with Crippen LogP contribution in [0.2, 0.25) is 0 Å². The second-order valence-electron chi connectivity index (χ2n) is 6.69. The van der Waals surface area contributed by atoms with Crippen LogP contribution in [0.5, 0.6) is 0 Å². The number of rotatable bonds is 7. The van der Waals surface area contributed by atoms with E-state index in [2.05, 4.69) is 5.32 Å². The number of alkyl carbamates (subject to hydrolysis) is 1. The van der Waals surface area contributed by atoms with E-state index in [1.807, 2.05) is 58.0 Å². The van der Waals surface area contributed by atoms with Gasteiger partial charge in [-0.1, -0.05) is 43.7 Å². The van der Waals surface area contributed by atoms with Crippen molar-refractivity contribution >= 4 is 6.09 Å². The summed E-state index contributed by atoms with van der Waals surface area (Å²) < 4.78 is 5.25. The minimum atomic E-state index is -0.513. The molecular weight excluding hydrogens is 278 g/mol. The Hall–Kier alpha value is -1.55. The molecule has 2 N–H and O–H groups in total. The topological polar surface area (TPSA) is 58.6 Å². The Labute approximate surface area is 133 Å². The van der Waals surface area contributed by atoms with Crippen molar-refractivity contribution < 1.29 is 14.6 Å². The summed E-state index contributed by atoms with van der Waals surface area (Å²) in [5, 5.41) is 13.1. The zero-order chi connectivity index (χ0) is 16.6. The first-order valence-electron chi connectivity index (χ1n) is 8.00. The number of aliphatic hydroxyl groups is 1. The van der Waals surface area contributed by atoms with Gasteiger partial charge in [-0.15, -0.1) is 0 Å². The zero-order valence-corrected chi connectivity index (χ0v) is 14.1. The maximum Gasteiger partial charge on any atom is 0.407 e. The van der Waals surface area contributed by atoms with E-state index in [1.54, 1.807) is 0 Å². The van der Waals surface area contributed by atoms with E-state index in [0.29, 0.717) is 6.54 Å². The number of carbonyl (C=O) groups excluding carboxylic acids is 1. The third-order valence-corrected chi connectivity index (χ3v) is 3.38. The zero-order valence-electron chi connectivity index (χ0n) is 14.1. The second kappa shape index (κ2) is 8.79. The fourth-order valence-corrected chi connectivity index (χ4v) is 2.32. The molecule has 2 atom stereocenters. The van der Waals surface area contributed by atoms with Crippen LogP contribution in [0.4, 0.5) is 4.79 Å². The van der Waals surface area contributed by atoms with Crippen molar-refractivity contribution in [1.29, 1.82) is 0 Å². The smallest absolute Gasteiger partial charge is 0.407 e. The highest BCUT2D eigenvalue weighted by atomic mass is 16.6. The Kier molecular flexibility index (Phi) is 7.39. The molecular formula is C18H29NO3. The Morgan fingerprint density at radius 3 is 2.45 bits per heavy atom. The number of amides is 1. The molecule has 0 aliphatic heterocycles. The average Bonchev–Trinajstić information content (AvgIpc) is 2.43. The third kappa shape index (κ3) is 7.46. The number of hydrogen-bond acceptors (Lipinski definition) is 3. The van der Waals surface area contributed by atoms with Gasteiger partial charge < -0.3 is 15.2 Å². The molecule has 0 spiro atoms. The van der Waals surface area contributed by atoms with Gasteiger partial charge in [0.2, 0.25) is 0 Å². The van der Waals surface area contributed by atoms with Crippen LogP contribution in [0.25, 0.3) is 0 Å². The molecule has 124 valence electrons. The molecule has 0 radical (unpaired) electrons. The van der Waals surface area contributed by atoms with Gasteiger partial charge in [0.05, 0.1) is 6.10 Å². The molecule has 0 bridgehead atoms. The van der Waals surface area contributed by atoms with Gasteiger partial charge in [0.25, 0.3) is 0 Å². The van der Waals surface area contributed by atoms with Crippen LogP contribution < -0.4 is 5.32 Å². The molecule has 0 unspecified atom stereocenters. The summed E-state index contributed by atoms with van der Waals surface area (Å²) in [5.74, 6) is -0.0186. The van der Waals surface area contributed by atoms with Gasteiger partial charge in [-0.05, 0) is 39.2 Å². The van der Waals surface area contributed by atoms with Crippen LogP contribution in [-0.2, 0) is 11.2 Å². The summed E-state index contributed by atoms with van der Waals surface area (Å²) in [7, 11) is 0. The SMILES string of the molecule is CCC[C@H](O)[C@@H](CNC(=O)OC(C)(C)C)Cc1ccccc1. The molecule has 1 rings (SSSR count). The largest absolute Gasteiger partial charge is 0.444 e. The molecule has 0 aliphatic carbocycles. The predicted molar refractivity (Wildman–Crippen MR) is 88.8 cm³/mol. The molecule has 0 aliphatic rings. The van der Waals surface area contributed by atoms with Crippen LogP contribution in [0.1, 0.15) is 46.1 Å². The molecule has 22 heavy (non-hydrogen) atoms. The first-order valence-corrected chi connectivity index (χ1v) is 8.00. The first kappa shape index (κ1) is 18.5. The van der Waals surface area contributed by atoms with Gasteiger partial charge in [-0.3, -0.25) is 0 Å². The lowest BCUT2D eigenvalue weighted by molar-refractivity contribution is 0.0478. The minimum Gasteiger partial charge on any atom is -0.444 e. The summed E-state index contributed by atoms with van der Waals surface area (Å²) in [6, 6.07) is 10.0. The van der Waals surface area contributed by atoms with Crippen LogP contribution in [0.15, 0.2) is 30.3 Å². The molecule has 0 aromatic heterocycles. The number of ether oxygens (including phenoxy) is 1. The van der Waals surface area contributed by atoms with Crippen LogP contribution in [0, 0.1) is 5.92 Å². The van der Waals surface area contributed by atoms with Gasteiger partial charge >= 0.3 is 6.09 Å². The predicted octanol–water partition coefficient (Wildman–Crippen LogP) is 3.53. The van der Waals surface area contributed by atoms with Gasteiger partial charge in [0, 0.05) is 12.5 Å². The molecule has 0 fully saturated rings. The Bertz CT molecular complexity index is 439. The van der Waals surface area contributed by atoms with Gasteiger partial charge in [0.15, 0.2) is 0 Å². The first-order chi connectivity index (χ1) is 10.3. The lowest BCUT2D eigenvalue weighted by Gasteiger charge is -2.25. The summed E-state index contributed by atoms with van der Waals surface area (Å²) in [5.41, 5.74) is 0.648. The summed E-state index contributed by atoms with van der Waals surface area (Å²) >= 11 is 0. The number of hydrogen-bond donors (Lipinski definition) is 2. The Morgan fingerprint density at radius 1 is 1.27 bits per heavy atom. The Balaban J connectivity index is 2.60. The van der Waals surface area contributed by atoms with E-state index in [9.17, 15) is 9.90 Å². The van der Waals surface area contributed by atoms with Gasteiger partial charge in [0.1, 0.15) is 5.60 Å². The van der Waals surface area contributed by atoms with Crippen molar-refractivity contribution in [3.8, 4) is 0 Å². The van der Waals surface area contributed by atoms with Crippen molar-refractivity contribution in [2.24, 2.45) is 5.92 Å². The number of aliphatic hydroxyl groups excluding tert-OH is 1. The van der Waals surface area contributed by atoms with Crippen LogP contribution in [-0.4, -0.2) is 29.4 Å². The fourth-order valence-electron chi connectivity index (χ4n) is 2.32. The van der Waals surface area contributed by atoms with Gasteiger partial charge in [-0.25, -0.2) is 4.79 Å². The van der Waals surface area contributed by atoms with Crippen LogP contribution >= 0.6 is 0 Å². The third-order valence-electron chi connectivity index (χ3n) is 3.38. The molecule has 0 saturated carbocycles. The second-order valence-corrected chi connectivity index (χ2v) is 6.69.